The number of aromatic nitrogens is 2. The Morgan fingerprint density at radius 2 is 0.804 bits per heavy atom. The molecule has 0 spiro atoms. The summed E-state index contributed by atoms with van der Waals surface area (Å²) in [5.74, 6) is -6.50. The van der Waals surface area contributed by atoms with E-state index in [1.807, 2.05) is 0 Å². The molecule has 0 fully saturated rings. The van der Waals surface area contributed by atoms with E-state index in [2.05, 4.69) is 0 Å². The number of esters is 4. The maximum absolute atomic E-state index is 16.3. The number of para-hydroxylation sites is 2. The number of ether oxygens (including phenoxy) is 4. The van der Waals surface area contributed by atoms with E-state index in [0.29, 0.717) is 0 Å². The minimum atomic E-state index is -1.12. The van der Waals surface area contributed by atoms with Crippen LogP contribution in [-0.4, -0.2) is 61.5 Å². The summed E-state index contributed by atoms with van der Waals surface area (Å²) in [4.78, 5) is 52.1. The van der Waals surface area contributed by atoms with Crippen LogP contribution in [0, 0.1) is 11.9 Å². The van der Waals surface area contributed by atoms with Crippen LogP contribution in [0.5, 0.6) is 0 Å². The molecule has 0 saturated carbocycles. The maximum Gasteiger partial charge on any atom is 0.343 e. The fraction of sp³-hybridized carbons (Fsp3) is 0.118. The van der Waals surface area contributed by atoms with Gasteiger partial charge in [0.1, 0.15) is 22.3 Å². The molecule has 12 heteroatoms. The highest BCUT2D eigenvalue weighted by Gasteiger charge is 2.37. The summed E-state index contributed by atoms with van der Waals surface area (Å²) in [5.41, 5.74) is -1.55. The lowest BCUT2D eigenvalue weighted by molar-refractivity contribution is 0.0553. The predicted octanol–water partition coefficient (Wildman–Crippen LogP) is 6.03. The predicted molar refractivity (Wildman–Crippen MR) is 161 cm³/mol. The van der Waals surface area contributed by atoms with Gasteiger partial charge in [-0.1, -0.05) is 54.6 Å². The first-order valence-electron chi connectivity index (χ1n) is 13.6. The Bertz CT molecular complexity index is 1840. The van der Waals surface area contributed by atoms with Crippen molar-refractivity contribution in [2.45, 2.75) is 0 Å². The summed E-state index contributed by atoms with van der Waals surface area (Å²) in [6.07, 6.45) is 0. The highest BCUT2D eigenvalue weighted by atomic mass is 19.1. The third-order valence-electron chi connectivity index (χ3n) is 7.22. The van der Waals surface area contributed by atoms with E-state index in [0.717, 1.165) is 37.6 Å². The van der Waals surface area contributed by atoms with Crippen molar-refractivity contribution in [2.24, 2.45) is 0 Å². The van der Waals surface area contributed by atoms with Gasteiger partial charge in [0, 0.05) is 22.5 Å². The monoisotopic (exact) mass is 628 g/mol. The molecule has 234 valence electrons. The molecule has 0 saturated heterocycles. The molecule has 0 aliphatic rings. The van der Waals surface area contributed by atoms with Gasteiger partial charge in [0.25, 0.3) is 0 Å². The summed E-state index contributed by atoms with van der Waals surface area (Å²) in [6, 6.07) is 22.2. The topological polar surface area (TPSA) is 115 Å². The zero-order valence-corrected chi connectivity index (χ0v) is 25.0. The van der Waals surface area contributed by atoms with Gasteiger partial charge in [-0.2, -0.15) is 8.78 Å². The Hall–Kier alpha value is -6.04. The normalized spacial score (nSPS) is 10.7. The largest absolute Gasteiger partial charge is 0.465 e. The lowest BCUT2D eigenvalue weighted by Crippen LogP contribution is -2.12. The van der Waals surface area contributed by atoms with E-state index < -0.39 is 58.0 Å². The second-order valence-electron chi connectivity index (χ2n) is 9.67. The van der Waals surface area contributed by atoms with Gasteiger partial charge in [-0.15, -0.1) is 0 Å². The van der Waals surface area contributed by atoms with Crippen LogP contribution in [0.3, 0.4) is 0 Å². The average Bonchev–Trinajstić information content (AvgIpc) is 3.58. The minimum absolute atomic E-state index is 0.0936. The fourth-order valence-corrected chi connectivity index (χ4v) is 5.26. The van der Waals surface area contributed by atoms with Crippen LogP contribution in [0.4, 0.5) is 8.78 Å². The number of carbonyl (C=O) groups is 4. The molecule has 2 aromatic heterocycles. The third-order valence-corrected chi connectivity index (χ3v) is 7.22. The number of hydrogen-bond acceptors (Lipinski definition) is 8. The molecular weight excluding hydrogens is 602 g/mol. The second kappa shape index (κ2) is 12.9. The number of benzene rings is 3. The van der Waals surface area contributed by atoms with E-state index in [1.165, 1.54) is 24.3 Å². The Kier molecular flexibility index (Phi) is 8.80. The SMILES string of the molecule is COC(=O)c1c(C(=O)OC)c(-c2cccc(-c3c(C(=O)OC)c(C(=O)OC)c(F)n3-c3ccccc3)c2)n(-c2ccccc2)c1F. The first-order valence-corrected chi connectivity index (χ1v) is 13.6. The van der Waals surface area contributed by atoms with Crippen molar-refractivity contribution >= 4 is 23.9 Å². The van der Waals surface area contributed by atoms with E-state index in [4.69, 9.17) is 18.9 Å². The number of rotatable bonds is 8. The van der Waals surface area contributed by atoms with Crippen LogP contribution < -0.4 is 0 Å². The van der Waals surface area contributed by atoms with Crippen molar-refractivity contribution in [3.8, 4) is 33.9 Å². The fourth-order valence-electron chi connectivity index (χ4n) is 5.26. The molecule has 0 atom stereocenters. The number of hydrogen-bond donors (Lipinski definition) is 0. The van der Waals surface area contributed by atoms with Crippen molar-refractivity contribution in [2.75, 3.05) is 28.4 Å². The Morgan fingerprint density at radius 1 is 0.478 bits per heavy atom. The van der Waals surface area contributed by atoms with Gasteiger partial charge in [-0.05, 0) is 30.3 Å². The average molecular weight is 629 g/mol. The molecule has 0 unspecified atom stereocenters. The molecule has 5 rings (SSSR count). The Morgan fingerprint density at radius 3 is 1.13 bits per heavy atom. The maximum atomic E-state index is 16.3. The number of nitrogens with zero attached hydrogens (tertiary/aromatic N) is 2. The van der Waals surface area contributed by atoms with E-state index >= 15 is 8.78 Å². The molecule has 0 radical (unpaired) electrons. The standard InChI is InChI=1S/C34H26F2N2O8/c1-43-31(39)23-25(33(41)45-3)29(35)37(21-14-7-5-8-15-21)27(23)19-12-11-13-20(18-19)28-24(32(40)44-2)26(34(42)46-4)30(36)38(28)22-16-9-6-10-17-22/h5-18H,1-4H3. The molecule has 5 aromatic rings. The lowest BCUT2D eigenvalue weighted by atomic mass is 9.98. The molecule has 3 aromatic carbocycles. The molecule has 0 aliphatic heterocycles. The van der Waals surface area contributed by atoms with Gasteiger partial charge in [-0.25, -0.2) is 19.2 Å². The zero-order chi connectivity index (χ0) is 33.1. The van der Waals surface area contributed by atoms with Crippen molar-refractivity contribution in [1.82, 2.24) is 9.13 Å². The summed E-state index contributed by atoms with van der Waals surface area (Å²) in [5, 5.41) is 0. The van der Waals surface area contributed by atoms with Gasteiger partial charge in [-0.3, -0.25) is 9.13 Å². The van der Waals surface area contributed by atoms with Gasteiger partial charge in [0.2, 0.25) is 11.9 Å². The molecule has 0 bridgehead atoms. The van der Waals surface area contributed by atoms with Gasteiger partial charge >= 0.3 is 23.9 Å². The molecular formula is C34H26F2N2O8. The molecule has 0 aliphatic carbocycles. The van der Waals surface area contributed by atoms with Crippen LogP contribution in [0.2, 0.25) is 0 Å². The van der Waals surface area contributed by atoms with Crippen molar-refractivity contribution in [3.05, 3.63) is 119 Å². The Balaban J connectivity index is 1.92. The van der Waals surface area contributed by atoms with Crippen LogP contribution in [-0.2, 0) is 18.9 Å². The Labute approximate surface area is 261 Å². The first kappa shape index (κ1) is 31.4. The van der Waals surface area contributed by atoms with Crippen LogP contribution in [0.15, 0.2) is 84.9 Å². The molecule has 0 N–H and O–H groups in total. The second-order valence-corrected chi connectivity index (χ2v) is 9.67. The zero-order valence-electron chi connectivity index (χ0n) is 25.0. The van der Waals surface area contributed by atoms with Crippen LogP contribution in [0.1, 0.15) is 41.4 Å². The van der Waals surface area contributed by atoms with Gasteiger partial charge in [0.05, 0.1) is 39.8 Å². The highest BCUT2D eigenvalue weighted by Crippen LogP contribution is 2.40. The quantitative estimate of drug-likeness (QED) is 0.151. The van der Waals surface area contributed by atoms with E-state index in [9.17, 15) is 19.2 Å². The molecule has 46 heavy (non-hydrogen) atoms. The van der Waals surface area contributed by atoms with Gasteiger partial charge < -0.3 is 18.9 Å². The number of methoxy groups -OCH3 is 4. The minimum Gasteiger partial charge on any atom is -0.465 e. The number of carbonyl (C=O) groups excluding carboxylic acids is 4. The van der Waals surface area contributed by atoms with Crippen LogP contribution in [0.25, 0.3) is 33.9 Å². The third kappa shape index (κ3) is 5.19. The lowest BCUT2D eigenvalue weighted by Gasteiger charge is -2.15. The van der Waals surface area contributed by atoms with Gasteiger partial charge in [0.15, 0.2) is 0 Å². The highest BCUT2D eigenvalue weighted by molar-refractivity contribution is 6.10. The summed E-state index contributed by atoms with van der Waals surface area (Å²) < 4.78 is 54.2. The number of halogens is 2. The summed E-state index contributed by atoms with van der Waals surface area (Å²) >= 11 is 0. The van der Waals surface area contributed by atoms with Crippen molar-refractivity contribution < 1.29 is 46.9 Å². The molecule has 0 amide bonds. The van der Waals surface area contributed by atoms with Crippen LogP contribution >= 0.6 is 0 Å². The van der Waals surface area contributed by atoms with Crippen molar-refractivity contribution in [3.63, 3.8) is 0 Å². The molecule has 2 heterocycles. The van der Waals surface area contributed by atoms with E-state index in [-0.39, 0.29) is 33.9 Å². The summed E-state index contributed by atoms with van der Waals surface area (Å²) in [6.45, 7) is 0. The van der Waals surface area contributed by atoms with E-state index in [1.54, 1.807) is 60.7 Å². The van der Waals surface area contributed by atoms with Crippen molar-refractivity contribution in [1.29, 1.82) is 0 Å². The molecule has 10 nitrogen and oxygen atoms in total. The first-order chi connectivity index (χ1) is 22.2. The smallest absolute Gasteiger partial charge is 0.343 e. The summed E-state index contributed by atoms with van der Waals surface area (Å²) in [7, 11) is 4.24.